The van der Waals surface area contributed by atoms with Crippen LogP contribution in [0, 0.1) is 0 Å². The van der Waals surface area contributed by atoms with E-state index in [0.717, 1.165) is 5.56 Å². The van der Waals surface area contributed by atoms with Crippen molar-refractivity contribution in [3.05, 3.63) is 80.8 Å². The predicted molar refractivity (Wildman–Crippen MR) is 114 cm³/mol. The average molecular weight is 415 g/mol. The Morgan fingerprint density at radius 2 is 1.81 bits per heavy atom. The van der Waals surface area contributed by atoms with Gasteiger partial charge in [-0.1, -0.05) is 30.3 Å². The fourth-order valence-corrected chi connectivity index (χ4v) is 3.55. The molecule has 4 N–H and O–H groups in total. The fourth-order valence-electron chi connectivity index (χ4n) is 3.55. The lowest BCUT2D eigenvalue weighted by Gasteiger charge is -2.20. The zero-order valence-corrected chi connectivity index (χ0v) is 16.4. The highest BCUT2D eigenvalue weighted by molar-refractivity contribution is 6.01. The van der Waals surface area contributed by atoms with Crippen molar-refractivity contribution in [2.45, 2.75) is 13.5 Å². The van der Waals surface area contributed by atoms with Gasteiger partial charge in [0.1, 0.15) is 0 Å². The maximum Gasteiger partial charge on any atom is 0.353 e. The first-order valence-corrected chi connectivity index (χ1v) is 9.48. The molecule has 1 aliphatic heterocycles. The topological polar surface area (TPSA) is 140 Å². The molecule has 0 spiro atoms. The number of aromatic amines is 1. The van der Waals surface area contributed by atoms with Crippen LogP contribution in [0.2, 0.25) is 0 Å². The molecule has 1 amide bonds. The molecular weight excluding hydrogens is 398 g/mol. The second kappa shape index (κ2) is 6.80. The maximum absolute atomic E-state index is 13.0. The van der Waals surface area contributed by atoms with Gasteiger partial charge in [-0.2, -0.15) is 0 Å². The molecule has 3 aromatic heterocycles. The van der Waals surface area contributed by atoms with E-state index in [9.17, 15) is 14.4 Å². The van der Waals surface area contributed by atoms with Gasteiger partial charge in [0.05, 0.1) is 17.8 Å². The van der Waals surface area contributed by atoms with Gasteiger partial charge in [0.25, 0.3) is 5.91 Å². The number of aromatic nitrogens is 5. The van der Waals surface area contributed by atoms with Crippen LogP contribution >= 0.6 is 0 Å². The number of nitrogen functional groups attached to an aromatic ring is 1. The van der Waals surface area contributed by atoms with E-state index < -0.39 is 5.69 Å². The van der Waals surface area contributed by atoms with E-state index >= 15 is 0 Å². The first kappa shape index (κ1) is 18.6. The summed E-state index contributed by atoms with van der Waals surface area (Å²) < 4.78 is 2.46. The number of amides is 1. The zero-order chi connectivity index (χ0) is 21.7. The lowest BCUT2D eigenvalue weighted by molar-refractivity contribution is -0.118. The Bertz CT molecular complexity index is 1490. The monoisotopic (exact) mass is 415 g/mol. The second-order valence-electron chi connectivity index (χ2n) is 7.16. The summed E-state index contributed by atoms with van der Waals surface area (Å²) in [6.07, 6.45) is 1.55. The highest BCUT2D eigenvalue weighted by Gasteiger charge is 2.26. The Labute approximate surface area is 174 Å². The smallest absolute Gasteiger partial charge is 0.353 e. The molecule has 4 aromatic rings. The Balaban J connectivity index is 1.81. The van der Waals surface area contributed by atoms with Crippen molar-refractivity contribution >= 4 is 17.5 Å². The van der Waals surface area contributed by atoms with Crippen molar-refractivity contribution in [2.24, 2.45) is 0 Å². The van der Waals surface area contributed by atoms with Crippen molar-refractivity contribution in [3.8, 4) is 22.4 Å². The van der Waals surface area contributed by atoms with Crippen LogP contribution in [0.1, 0.15) is 6.92 Å². The Morgan fingerprint density at radius 3 is 2.45 bits per heavy atom. The Hall–Kier alpha value is -4.47. The molecule has 0 bridgehead atoms. The summed E-state index contributed by atoms with van der Waals surface area (Å²) >= 11 is 0. The van der Waals surface area contributed by atoms with E-state index in [1.807, 2.05) is 30.3 Å². The molecule has 0 fully saturated rings. The first-order valence-electron chi connectivity index (χ1n) is 9.48. The normalized spacial score (nSPS) is 13.4. The lowest BCUT2D eigenvalue weighted by Crippen LogP contribution is -2.39. The van der Waals surface area contributed by atoms with Crippen LogP contribution in [0.4, 0.5) is 5.95 Å². The third kappa shape index (κ3) is 2.92. The fraction of sp³-hybridized carbons (Fsp3) is 0.0952. The summed E-state index contributed by atoms with van der Waals surface area (Å²) in [4.78, 5) is 43.3. The number of nitrogens with zero attached hydrogens (tertiary/aromatic N) is 4. The Morgan fingerprint density at radius 1 is 1.03 bits per heavy atom. The first-order chi connectivity index (χ1) is 14.9. The number of hydrogen-bond acceptors (Lipinski definition) is 6. The van der Waals surface area contributed by atoms with Crippen LogP contribution in [-0.4, -0.2) is 30.1 Å². The molecule has 0 saturated heterocycles. The molecule has 0 atom stereocenters. The van der Waals surface area contributed by atoms with Crippen LogP contribution in [0.15, 0.2) is 69.5 Å². The summed E-state index contributed by atoms with van der Waals surface area (Å²) in [6, 6.07) is 12.4. The van der Waals surface area contributed by atoms with Crippen molar-refractivity contribution in [2.75, 3.05) is 5.73 Å². The molecule has 1 aromatic carbocycles. The molecule has 154 valence electrons. The number of benzene rings is 1. The summed E-state index contributed by atoms with van der Waals surface area (Å²) in [5.74, 6) is -0.185. The summed E-state index contributed by atoms with van der Waals surface area (Å²) in [5, 5.41) is 7.17. The molecule has 31 heavy (non-hydrogen) atoms. The molecule has 4 heterocycles. The third-order valence-corrected chi connectivity index (χ3v) is 5.24. The molecule has 0 radical (unpaired) electrons. The summed E-state index contributed by atoms with van der Waals surface area (Å²) in [7, 11) is 0. The minimum atomic E-state index is -0.480. The van der Waals surface area contributed by atoms with Gasteiger partial charge < -0.3 is 16.0 Å². The molecular formula is C21H17N7O3. The molecule has 10 heteroatoms. The number of pyridine rings is 1. The van der Waals surface area contributed by atoms with E-state index in [1.54, 1.807) is 19.2 Å². The molecule has 10 nitrogen and oxygen atoms in total. The lowest BCUT2D eigenvalue weighted by atomic mass is 10.0. The number of carbonyl (C=O) groups excluding carboxylic acids is 1. The zero-order valence-electron chi connectivity index (χ0n) is 16.4. The number of fused-ring (bicyclic) bond motifs is 1. The minimum Gasteiger partial charge on any atom is -0.369 e. The third-order valence-electron chi connectivity index (χ3n) is 5.24. The van der Waals surface area contributed by atoms with Crippen LogP contribution in [-0.2, 0) is 11.3 Å². The number of nitrogens with one attached hydrogen (secondary N) is 2. The average Bonchev–Trinajstić information content (AvgIpc) is 3.11. The van der Waals surface area contributed by atoms with Gasteiger partial charge in [-0.3, -0.25) is 9.59 Å². The number of H-pyrrole nitrogens is 1. The molecule has 5 rings (SSSR count). The SMILES string of the molecule is CC1=C(Cn2nc3c(-c4ccc(=O)[nH]c4)c(-c4ccccc4)nc(N)n3c2=O)NC1=O. The number of allylic oxidation sites excluding steroid dienone is 1. The number of nitrogens with two attached hydrogens (primary N) is 1. The highest BCUT2D eigenvalue weighted by atomic mass is 16.2. The van der Waals surface area contributed by atoms with Gasteiger partial charge in [-0.25, -0.2) is 18.9 Å². The van der Waals surface area contributed by atoms with E-state index in [-0.39, 0.29) is 24.0 Å². The van der Waals surface area contributed by atoms with Crippen LogP contribution in [0.5, 0.6) is 0 Å². The summed E-state index contributed by atoms with van der Waals surface area (Å²) in [6.45, 7) is 1.79. The van der Waals surface area contributed by atoms with Crippen LogP contribution < -0.4 is 22.3 Å². The van der Waals surface area contributed by atoms with Gasteiger partial charge in [-0.15, -0.1) is 5.10 Å². The quantitative estimate of drug-likeness (QED) is 0.452. The molecule has 0 saturated carbocycles. The van der Waals surface area contributed by atoms with Gasteiger partial charge in [0.2, 0.25) is 11.5 Å². The Kier molecular flexibility index (Phi) is 4.07. The number of carbonyl (C=O) groups is 1. The van der Waals surface area contributed by atoms with Crippen molar-refractivity contribution in [1.29, 1.82) is 0 Å². The van der Waals surface area contributed by atoms with E-state index in [0.29, 0.717) is 33.7 Å². The molecule has 1 aliphatic rings. The van der Waals surface area contributed by atoms with Crippen molar-refractivity contribution in [3.63, 3.8) is 0 Å². The number of anilines is 1. The maximum atomic E-state index is 13.0. The predicted octanol–water partition coefficient (Wildman–Crippen LogP) is 0.899. The second-order valence-corrected chi connectivity index (χ2v) is 7.16. The van der Waals surface area contributed by atoms with E-state index in [4.69, 9.17) is 5.73 Å². The van der Waals surface area contributed by atoms with Gasteiger partial charge >= 0.3 is 5.69 Å². The van der Waals surface area contributed by atoms with E-state index in [2.05, 4.69) is 20.4 Å². The summed E-state index contributed by atoms with van der Waals surface area (Å²) in [5.41, 5.74) is 9.40. The van der Waals surface area contributed by atoms with Gasteiger partial charge in [0.15, 0.2) is 5.65 Å². The molecule has 0 aliphatic carbocycles. The standard InChI is InChI=1S/C21H17N7O3/c1-11-14(24-19(11)30)10-27-21(31)28-18(26-27)16(13-7-8-15(29)23-9-13)17(25-20(28)22)12-5-3-2-4-6-12/h2-9H,10H2,1H3,(H2,22,25)(H,23,29)(H,24,30). The van der Waals surface area contributed by atoms with Crippen LogP contribution in [0.3, 0.4) is 0 Å². The van der Waals surface area contributed by atoms with E-state index in [1.165, 1.54) is 15.1 Å². The largest absolute Gasteiger partial charge is 0.369 e. The van der Waals surface area contributed by atoms with Gasteiger partial charge in [0, 0.05) is 34.7 Å². The van der Waals surface area contributed by atoms with Crippen molar-refractivity contribution < 1.29 is 4.79 Å². The minimum absolute atomic E-state index is 0.0124. The van der Waals surface area contributed by atoms with Crippen LogP contribution in [0.25, 0.3) is 28.0 Å². The van der Waals surface area contributed by atoms with Gasteiger partial charge in [-0.05, 0) is 13.0 Å². The van der Waals surface area contributed by atoms with Crippen molar-refractivity contribution in [1.82, 2.24) is 29.5 Å². The highest BCUT2D eigenvalue weighted by Crippen LogP contribution is 2.33. The molecule has 0 unspecified atom stereocenters. The number of rotatable bonds is 4. The number of hydrogen-bond donors (Lipinski definition) is 3.